The number of Topliss-reactive ketones (excluding diaryl/α,β-unsaturated/α-hetero) is 1. The van der Waals surface area contributed by atoms with Crippen molar-refractivity contribution in [3.63, 3.8) is 0 Å². The van der Waals surface area contributed by atoms with Crippen molar-refractivity contribution in [2.24, 2.45) is 33.7 Å². The number of oxime groups is 1. The quantitative estimate of drug-likeness (QED) is 0.411. The van der Waals surface area contributed by atoms with Gasteiger partial charge in [0.05, 0.1) is 0 Å². The first-order valence-corrected chi connectivity index (χ1v) is 8.96. The number of carbonyl (C=O) groups excluding carboxylic acids is 1. The Morgan fingerprint density at radius 1 is 1.18 bits per heavy atom. The standard InChI is InChI=1S/C19H27NO2/c1-18-9-4-3-5-12(18)6-7-13-14(18)8-10-19(2)15(13)11-16(20-22)17(19)21/h5,13-15,22H,3-4,6-11H2,1-2H3/b20-16+/t13-,14+,15+,18+,19+/m1/s1. The molecule has 3 nitrogen and oxygen atoms in total. The number of rotatable bonds is 0. The number of hydrogen-bond acceptors (Lipinski definition) is 3. The van der Waals surface area contributed by atoms with Crippen LogP contribution in [0.15, 0.2) is 16.8 Å². The van der Waals surface area contributed by atoms with Crippen LogP contribution in [0.3, 0.4) is 0 Å². The predicted molar refractivity (Wildman–Crippen MR) is 85.9 cm³/mol. The highest BCUT2D eigenvalue weighted by Gasteiger charge is 2.60. The van der Waals surface area contributed by atoms with E-state index in [1.54, 1.807) is 5.57 Å². The van der Waals surface area contributed by atoms with E-state index < -0.39 is 0 Å². The molecule has 0 radical (unpaired) electrons. The molecular formula is C19H27NO2. The fraction of sp³-hybridized carbons (Fsp3) is 0.789. The lowest BCUT2D eigenvalue weighted by atomic mass is 9.47. The van der Waals surface area contributed by atoms with Gasteiger partial charge in [0.2, 0.25) is 0 Å². The summed E-state index contributed by atoms with van der Waals surface area (Å²) in [6.07, 6.45) is 11.7. The Morgan fingerprint density at radius 2 is 2.00 bits per heavy atom. The molecule has 0 spiro atoms. The zero-order valence-electron chi connectivity index (χ0n) is 13.8. The first kappa shape index (κ1) is 14.5. The van der Waals surface area contributed by atoms with Crippen LogP contribution in [0.5, 0.6) is 0 Å². The van der Waals surface area contributed by atoms with Crippen molar-refractivity contribution >= 4 is 11.5 Å². The lowest BCUT2D eigenvalue weighted by Crippen LogP contribution is -2.50. The van der Waals surface area contributed by atoms with Gasteiger partial charge in [-0.1, -0.05) is 30.7 Å². The Hall–Kier alpha value is -1.12. The van der Waals surface area contributed by atoms with Crippen LogP contribution in [0, 0.1) is 28.6 Å². The lowest BCUT2D eigenvalue weighted by Gasteiger charge is -2.56. The van der Waals surface area contributed by atoms with Gasteiger partial charge in [-0.25, -0.2) is 0 Å². The van der Waals surface area contributed by atoms with E-state index in [1.807, 2.05) is 0 Å². The molecule has 0 heterocycles. The van der Waals surface area contributed by atoms with Crippen LogP contribution in [-0.2, 0) is 4.79 Å². The zero-order chi connectivity index (χ0) is 15.5. The Balaban J connectivity index is 1.71. The average Bonchev–Trinajstić information content (AvgIpc) is 2.78. The number of ketones is 1. The summed E-state index contributed by atoms with van der Waals surface area (Å²) in [7, 11) is 0. The Kier molecular flexibility index (Phi) is 3.08. The van der Waals surface area contributed by atoms with Gasteiger partial charge in [-0.05, 0) is 68.1 Å². The zero-order valence-corrected chi connectivity index (χ0v) is 13.8. The van der Waals surface area contributed by atoms with Crippen LogP contribution in [0.2, 0.25) is 0 Å². The maximum Gasteiger partial charge on any atom is 0.186 e. The molecule has 4 aliphatic rings. The molecular weight excluding hydrogens is 274 g/mol. The smallest absolute Gasteiger partial charge is 0.186 e. The molecule has 22 heavy (non-hydrogen) atoms. The Bertz CT molecular complexity index is 578. The van der Waals surface area contributed by atoms with Crippen LogP contribution >= 0.6 is 0 Å². The first-order chi connectivity index (χ1) is 10.5. The molecule has 0 aromatic carbocycles. The van der Waals surface area contributed by atoms with Crippen LogP contribution in [-0.4, -0.2) is 16.7 Å². The minimum atomic E-state index is -0.269. The molecule has 3 fully saturated rings. The van der Waals surface area contributed by atoms with Crippen LogP contribution in [0.1, 0.15) is 65.2 Å². The maximum absolute atomic E-state index is 12.6. The van der Waals surface area contributed by atoms with E-state index in [9.17, 15) is 10.0 Å². The molecule has 120 valence electrons. The Morgan fingerprint density at radius 3 is 2.77 bits per heavy atom. The maximum atomic E-state index is 12.6. The molecule has 0 amide bonds. The van der Waals surface area contributed by atoms with Gasteiger partial charge in [0.15, 0.2) is 5.78 Å². The van der Waals surface area contributed by atoms with Crippen molar-refractivity contribution in [3.8, 4) is 0 Å². The third-order valence-corrected chi connectivity index (χ3v) is 7.73. The summed E-state index contributed by atoms with van der Waals surface area (Å²) in [4.78, 5) is 12.6. The van der Waals surface area contributed by atoms with Gasteiger partial charge >= 0.3 is 0 Å². The summed E-state index contributed by atoms with van der Waals surface area (Å²) in [6, 6.07) is 0. The number of hydrogen-bond donors (Lipinski definition) is 1. The summed E-state index contributed by atoms with van der Waals surface area (Å²) in [5.41, 5.74) is 2.23. The van der Waals surface area contributed by atoms with Gasteiger partial charge in [-0.15, -0.1) is 0 Å². The van der Waals surface area contributed by atoms with Gasteiger partial charge in [0.1, 0.15) is 5.71 Å². The average molecular weight is 301 g/mol. The second-order valence-electron chi connectivity index (χ2n) is 8.49. The topological polar surface area (TPSA) is 49.7 Å². The van der Waals surface area contributed by atoms with E-state index >= 15 is 0 Å². The summed E-state index contributed by atoms with van der Waals surface area (Å²) < 4.78 is 0. The van der Waals surface area contributed by atoms with E-state index in [0.717, 1.165) is 18.8 Å². The fourth-order valence-corrected chi connectivity index (χ4v) is 6.45. The van der Waals surface area contributed by atoms with Crippen molar-refractivity contribution in [1.29, 1.82) is 0 Å². The van der Waals surface area contributed by atoms with Crippen molar-refractivity contribution in [2.45, 2.75) is 65.2 Å². The van der Waals surface area contributed by atoms with Crippen molar-refractivity contribution in [1.82, 2.24) is 0 Å². The Labute approximate surface area is 132 Å². The third-order valence-electron chi connectivity index (χ3n) is 7.73. The number of nitrogens with zero attached hydrogens (tertiary/aromatic N) is 1. The van der Waals surface area contributed by atoms with Gasteiger partial charge in [-0.3, -0.25) is 4.79 Å². The fourth-order valence-electron chi connectivity index (χ4n) is 6.45. The van der Waals surface area contributed by atoms with Gasteiger partial charge < -0.3 is 5.21 Å². The van der Waals surface area contributed by atoms with E-state index in [0.29, 0.717) is 29.4 Å². The molecule has 3 saturated carbocycles. The molecule has 0 aromatic heterocycles. The van der Waals surface area contributed by atoms with E-state index in [2.05, 4.69) is 25.1 Å². The normalized spacial score (nSPS) is 49.4. The van der Waals surface area contributed by atoms with Crippen LogP contribution < -0.4 is 0 Å². The molecule has 0 aromatic rings. The molecule has 1 N–H and O–H groups in total. The molecule has 0 aliphatic heterocycles. The van der Waals surface area contributed by atoms with Crippen molar-refractivity contribution in [2.75, 3.05) is 0 Å². The SMILES string of the molecule is C[C@]12CCCC=C1CC[C@@H]1[C@@H]2CC[C@]2(C)C(=O)/C(=N/O)C[C@@H]12. The number of carbonyl (C=O) groups is 1. The third kappa shape index (κ3) is 1.68. The van der Waals surface area contributed by atoms with Crippen LogP contribution in [0.4, 0.5) is 0 Å². The predicted octanol–water partition coefficient (Wildman–Crippen LogP) is 4.35. The summed E-state index contributed by atoms with van der Waals surface area (Å²) in [5.74, 6) is 1.86. The second kappa shape index (κ2) is 4.69. The van der Waals surface area contributed by atoms with Gasteiger partial charge in [-0.2, -0.15) is 0 Å². The molecule has 4 aliphatic carbocycles. The van der Waals surface area contributed by atoms with Gasteiger partial charge in [0.25, 0.3) is 0 Å². The first-order valence-electron chi connectivity index (χ1n) is 8.96. The minimum Gasteiger partial charge on any atom is -0.411 e. The number of allylic oxidation sites excluding steroid dienone is 2. The lowest BCUT2D eigenvalue weighted by molar-refractivity contribution is -0.129. The summed E-state index contributed by atoms with van der Waals surface area (Å²) >= 11 is 0. The molecule has 3 heteroatoms. The van der Waals surface area contributed by atoms with Crippen LogP contribution in [0.25, 0.3) is 0 Å². The highest BCUT2D eigenvalue weighted by molar-refractivity contribution is 6.43. The molecule has 0 bridgehead atoms. The summed E-state index contributed by atoms with van der Waals surface area (Å²) in [5, 5.41) is 12.5. The monoisotopic (exact) mass is 301 g/mol. The molecule has 5 atom stereocenters. The number of fused-ring (bicyclic) bond motifs is 5. The largest absolute Gasteiger partial charge is 0.411 e. The van der Waals surface area contributed by atoms with Crippen molar-refractivity contribution in [3.05, 3.63) is 11.6 Å². The van der Waals surface area contributed by atoms with Crippen molar-refractivity contribution < 1.29 is 10.0 Å². The van der Waals surface area contributed by atoms with E-state index in [-0.39, 0.29) is 11.2 Å². The minimum absolute atomic E-state index is 0.119. The highest BCUT2D eigenvalue weighted by Crippen LogP contribution is 2.64. The van der Waals surface area contributed by atoms with E-state index in [1.165, 1.54) is 32.1 Å². The molecule has 0 saturated heterocycles. The molecule has 4 rings (SSSR count). The van der Waals surface area contributed by atoms with E-state index in [4.69, 9.17) is 0 Å². The summed E-state index contributed by atoms with van der Waals surface area (Å²) in [6.45, 7) is 4.61. The highest BCUT2D eigenvalue weighted by atomic mass is 16.4. The molecule has 0 unspecified atom stereocenters. The van der Waals surface area contributed by atoms with Gasteiger partial charge in [0, 0.05) is 11.8 Å². The second-order valence-corrected chi connectivity index (χ2v) is 8.49.